The van der Waals surface area contributed by atoms with E-state index >= 15 is 0 Å². The number of carbonyl (C=O) groups excluding carboxylic acids is 2. The second-order valence-electron chi connectivity index (χ2n) is 5.86. The van der Waals surface area contributed by atoms with E-state index in [1.807, 2.05) is 0 Å². The van der Waals surface area contributed by atoms with Crippen molar-refractivity contribution in [2.75, 3.05) is 18.4 Å². The number of alkyl halides is 3. The largest absolute Gasteiger partial charge is 0.418 e. The second kappa shape index (κ2) is 7.91. The molecular weight excluding hydrogens is 349 g/mol. The van der Waals surface area contributed by atoms with Gasteiger partial charge in [0.1, 0.15) is 11.6 Å². The molecule has 138 valence electrons. The second-order valence-corrected chi connectivity index (χ2v) is 5.86. The number of amides is 2. The molecule has 0 aliphatic carbocycles. The summed E-state index contributed by atoms with van der Waals surface area (Å²) < 4.78 is 38.9. The first-order valence-electron chi connectivity index (χ1n) is 7.85. The average Bonchev–Trinajstić information content (AvgIpc) is 2.59. The van der Waals surface area contributed by atoms with Gasteiger partial charge in [-0.15, -0.1) is 0 Å². The Hall–Kier alpha value is -3.02. The predicted octanol–water partition coefficient (Wildman–Crippen LogP) is 2.25. The van der Waals surface area contributed by atoms with E-state index < -0.39 is 29.2 Å². The van der Waals surface area contributed by atoms with Gasteiger partial charge in [-0.05, 0) is 25.0 Å². The van der Waals surface area contributed by atoms with Crippen LogP contribution in [0.1, 0.15) is 18.4 Å². The van der Waals surface area contributed by atoms with Gasteiger partial charge in [0.2, 0.25) is 5.91 Å². The zero-order chi connectivity index (χ0) is 19.3. The Balaban J connectivity index is 2.11. The molecule has 1 saturated heterocycles. The monoisotopic (exact) mass is 366 g/mol. The number of nitrogens with two attached hydrogens (primary N) is 1. The molecule has 3 N–H and O–H groups in total. The summed E-state index contributed by atoms with van der Waals surface area (Å²) in [6.45, 7) is 0.844. The van der Waals surface area contributed by atoms with Gasteiger partial charge in [-0.3, -0.25) is 9.59 Å². The van der Waals surface area contributed by atoms with Crippen LogP contribution in [0.5, 0.6) is 0 Å². The number of halogens is 3. The minimum absolute atomic E-state index is 0.252. The number of piperidine rings is 1. The number of anilines is 1. The van der Waals surface area contributed by atoms with Gasteiger partial charge in [0.15, 0.2) is 0 Å². The minimum atomic E-state index is -4.63. The lowest BCUT2D eigenvalue weighted by molar-refractivity contribution is -0.137. The number of primary amides is 1. The molecule has 6 nitrogen and oxygen atoms in total. The molecule has 1 aliphatic heterocycles. The lowest BCUT2D eigenvalue weighted by atomic mass is 9.96. The first-order chi connectivity index (χ1) is 12.2. The molecule has 1 aromatic rings. The quantitative estimate of drug-likeness (QED) is 0.631. The van der Waals surface area contributed by atoms with Gasteiger partial charge in [0.25, 0.3) is 5.91 Å². The number of benzene rings is 1. The number of likely N-dealkylation sites (tertiary alicyclic amines) is 1. The maximum Gasteiger partial charge on any atom is 0.418 e. The van der Waals surface area contributed by atoms with Crippen molar-refractivity contribution in [1.82, 2.24) is 4.90 Å². The van der Waals surface area contributed by atoms with Crippen molar-refractivity contribution in [1.29, 1.82) is 5.26 Å². The zero-order valence-electron chi connectivity index (χ0n) is 13.7. The van der Waals surface area contributed by atoms with E-state index in [-0.39, 0.29) is 11.5 Å². The lowest BCUT2D eigenvalue weighted by Crippen LogP contribution is -2.36. The number of para-hydroxylation sites is 1. The molecule has 0 spiro atoms. The van der Waals surface area contributed by atoms with Crippen LogP contribution in [0.4, 0.5) is 18.9 Å². The Morgan fingerprint density at radius 3 is 2.42 bits per heavy atom. The van der Waals surface area contributed by atoms with Crippen LogP contribution in [-0.4, -0.2) is 29.8 Å². The number of hydrogen-bond acceptors (Lipinski definition) is 4. The van der Waals surface area contributed by atoms with Crippen LogP contribution in [0.3, 0.4) is 0 Å². The molecule has 2 rings (SSSR count). The SMILES string of the molecule is N#C/C(=C/N1CCC(C(N)=O)CC1)C(=O)Nc1ccccc1C(F)(F)F. The Bertz CT molecular complexity index is 760. The zero-order valence-corrected chi connectivity index (χ0v) is 13.7. The van der Waals surface area contributed by atoms with Crippen molar-refractivity contribution >= 4 is 17.5 Å². The molecule has 1 heterocycles. The molecule has 0 atom stereocenters. The van der Waals surface area contributed by atoms with Crippen molar-refractivity contribution in [3.8, 4) is 6.07 Å². The summed E-state index contributed by atoms with van der Waals surface area (Å²) in [6, 6.07) is 6.23. The Morgan fingerprint density at radius 1 is 1.27 bits per heavy atom. The summed E-state index contributed by atoms with van der Waals surface area (Å²) in [5.41, 5.74) is 3.51. The molecule has 0 saturated carbocycles. The van der Waals surface area contributed by atoms with Gasteiger partial charge >= 0.3 is 6.18 Å². The van der Waals surface area contributed by atoms with Crippen LogP contribution >= 0.6 is 0 Å². The summed E-state index contributed by atoms with van der Waals surface area (Å²) in [5, 5.41) is 11.3. The summed E-state index contributed by atoms with van der Waals surface area (Å²) in [5.74, 6) is -1.57. The van der Waals surface area contributed by atoms with E-state index in [4.69, 9.17) is 5.73 Å². The van der Waals surface area contributed by atoms with E-state index in [0.29, 0.717) is 25.9 Å². The number of nitrogens with zero attached hydrogens (tertiary/aromatic N) is 2. The maximum absolute atomic E-state index is 13.0. The van der Waals surface area contributed by atoms with E-state index in [2.05, 4.69) is 5.32 Å². The van der Waals surface area contributed by atoms with Crippen molar-refractivity contribution in [3.63, 3.8) is 0 Å². The highest BCUT2D eigenvalue weighted by atomic mass is 19.4. The molecular formula is C17H17F3N4O2. The van der Waals surface area contributed by atoms with Crippen LogP contribution in [-0.2, 0) is 15.8 Å². The van der Waals surface area contributed by atoms with Gasteiger partial charge in [0, 0.05) is 25.2 Å². The standard InChI is InChI=1S/C17H17F3N4O2/c18-17(19,20)13-3-1-2-4-14(13)23-16(26)12(9-21)10-24-7-5-11(6-8-24)15(22)25/h1-4,10-11H,5-8H2,(H2,22,25)(H,23,26)/b12-10-. The lowest BCUT2D eigenvalue weighted by Gasteiger charge is -2.29. The Morgan fingerprint density at radius 2 is 1.88 bits per heavy atom. The molecule has 0 aromatic heterocycles. The number of nitrogens with one attached hydrogen (secondary N) is 1. The molecule has 1 fully saturated rings. The van der Waals surface area contributed by atoms with Gasteiger partial charge < -0.3 is 16.0 Å². The van der Waals surface area contributed by atoms with Gasteiger partial charge in [0.05, 0.1) is 11.3 Å². The number of nitriles is 1. The fourth-order valence-electron chi connectivity index (χ4n) is 2.66. The number of rotatable bonds is 4. The van der Waals surface area contributed by atoms with Crippen LogP contribution in [0, 0.1) is 17.2 Å². The molecule has 0 bridgehead atoms. The molecule has 0 unspecified atom stereocenters. The van der Waals surface area contributed by atoms with Crippen molar-refractivity contribution in [3.05, 3.63) is 41.6 Å². The normalized spacial score (nSPS) is 16.1. The van der Waals surface area contributed by atoms with E-state index in [0.717, 1.165) is 12.1 Å². The Labute approximate surface area is 148 Å². The third-order valence-corrected chi connectivity index (χ3v) is 4.09. The van der Waals surface area contributed by atoms with Crippen LogP contribution in [0.25, 0.3) is 0 Å². The van der Waals surface area contributed by atoms with Gasteiger partial charge in [-0.2, -0.15) is 18.4 Å². The van der Waals surface area contributed by atoms with Crippen molar-refractivity contribution in [2.45, 2.75) is 19.0 Å². The fraction of sp³-hybridized carbons (Fsp3) is 0.353. The van der Waals surface area contributed by atoms with Gasteiger partial charge in [-0.1, -0.05) is 12.1 Å². The molecule has 0 radical (unpaired) electrons. The predicted molar refractivity (Wildman–Crippen MR) is 87.3 cm³/mol. The number of hydrogen-bond donors (Lipinski definition) is 2. The summed E-state index contributed by atoms with van der Waals surface area (Å²) in [7, 11) is 0. The summed E-state index contributed by atoms with van der Waals surface area (Å²) >= 11 is 0. The Kier molecular flexibility index (Phi) is 5.87. The maximum atomic E-state index is 13.0. The third-order valence-electron chi connectivity index (χ3n) is 4.09. The molecule has 1 aromatic carbocycles. The molecule has 9 heteroatoms. The van der Waals surface area contributed by atoms with Crippen LogP contribution in [0.2, 0.25) is 0 Å². The van der Waals surface area contributed by atoms with Crippen molar-refractivity contribution < 1.29 is 22.8 Å². The summed E-state index contributed by atoms with van der Waals surface area (Å²) in [4.78, 5) is 25.0. The highest BCUT2D eigenvalue weighted by molar-refractivity contribution is 6.06. The van der Waals surface area contributed by atoms with E-state index in [1.165, 1.54) is 18.3 Å². The minimum Gasteiger partial charge on any atom is -0.376 e. The highest BCUT2D eigenvalue weighted by Gasteiger charge is 2.33. The smallest absolute Gasteiger partial charge is 0.376 e. The van der Waals surface area contributed by atoms with E-state index in [9.17, 15) is 28.0 Å². The average molecular weight is 366 g/mol. The van der Waals surface area contributed by atoms with Crippen molar-refractivity contribution in [2.24, 2.45) is 11.7 Å². The first kappa shape index (κ1) is 19.3. The molecule has 2 amide bonds. The summed E-state index contributed by atoms with van der Waals surface area (Å²) in [6.07, 6.45) is -2.36. The van der Waals surface area contributed by atoms with E-state index in [1.54, 1.807) is 11.0 Å². The highest BCUT2D eigenvalue weighted by Crippen LogP contribution is 2.34. The van der Waals surface area contributed by atoms with Gasteiger partial charge in [-0.25, -0.2) is 0 Å². The topological polar surface area (TPSA) is 99.2 Å². The van der Waals surface area contributed by atoms with Crippen LogP contribution in [0.15, 0.2) is 36.0 Å². The third kappa shape index (κ3) is 4.75. The molecule has 1 aliphatic rings. The fourth-order valence-corrected chi connectivity index (χ4v) is 2.66. The van der Waals surface area contributed by atoms with Crippen LogP contribution < -0.4 is 11.1 Å². The number of carbonyl (C=O) groups is 2. The first-order valence-corrected chi connectivity index (χ1v) is 7.85. The molecule has 26 heavy (non-hydrogen) atoms.